The van der Waals surface area contributed by atoms with Gasteiger partial charge >= 0.3 is 12.1 Å². The molecule has 1 saturated heterocycles. The van der Waals surface area contributed by atoms with Crippen molar-refractivity contribution in [2.75, 3.05) is 18.4 Å². The van der Waals surface area contributed by atoms with Gasteiger partial charge in [0.25, 0.3) is 5.91 Å². The number of aromatic nitrogens is 1. The summed E-state index contributed by atoms with van der Waals surface area (Å²) in [6.07, 6.45) is 4.58. The van der Waals surface area contributed by atoms with Crippen molar-refractivity contribution >= 4 is 35.1 Å². The number of carbonyl (C=O) groups excluding carboxylic acids is 3. The van der Waals surface area contributed by atoms with Crippen LogP contribution in [0.3, 0.4) is 0 Å². The molecule has 37 heavy (non-hydrogen) atoms. The van der Waals surface area contributed by atoms with E-state index in [-0.39, 0.29) is 11.9 Å². The maximum Gasteiger partial charge on any atom is 0.410 e. The number of piperidine rings is 1. The molecule has 1 aromatic carbocycles. The van der Waals surface area contributed by atoms with Crippen molar-refractivity contribution in [3.05, 3.63) is 59.7 Å². The zero-order valence-electron chi connectivity index (χ0n) is 21.1. The summed E-state index contributed by atoms with van der Waals surface area (Å²) < 4.78 is 5.48. The molecule has 10 heteroatoms. The second-order valence-electron chi connectivity index (χ2n) is 9.89. The van der Waals surface area contributed by atoms with Crippen LogP contribution in [0.25, 0.3) is 21.6 Å². The number of nitrogens with two attached hydrogens (primary N) is 1. The molecule has 3 aromatic rings. The molecule has 1 fully saturated rings. The van der Waals surface area contributed by atoms with E-state index in [1.165, 1.54) is 11.3 Å². The summed E-state index contributed by atoms with van der Waals surface area (Å²) in [6.45, 7) is 6.40. The Kier molecular flexibility index (Phi) is 7.77. The number of amides is 4. The normalized spacial score (nSPS) is 15.6. The van der Waals surface area contributed by atoms with Crippen LogP contribution in [0, 0.1) is 0 Å². The van der Waals surface area contributed by atoms with E-state index in [4.69, 9.17) is 10.5 Å². The van der Waals surface area contributed by atoms with Crippen molar-refractivity contribution in [1.82, 2.24) is 15.2 Å². The van der Waals surface area contributed by atoms with Gasteiger partial charge < -0.3 is 26.0 Å². The third-order valence-electron chi connectivity index (χ3n) is 5.79. The average molecular weight is 522 g/mol. The van der Waals surface area contributed by atoms with Crippen molar-refractivity contribution < 1.29 is 19.1 Å². The molecule has 4 rings (SSSR count). The molecule has 0 aliphatic carbocycles. The molecule has 4 N–H and O–H groups in total. The van der Waals surface area contributed by atoms with Crippen molar-refractivity contribution in [2.24, 2.45) is 5.73 Å². The van der Waals surface area contributed by atoms with Crippen LogP contribution in [0.2, 0.25) is 0 Å². The average Bonchev–Trinajstić information content (AvgIpc) is 3.27. The molecular formula is C27H31N5O4S. The number of likely N-dealkylation sites (tertiary alicyclic amines) is 1. The number of urea groups is 1. The Morgan fingerprint density at radius 1 is 1.05 bits per heavy atom. The Bertz CT molecular complexity index is 1270. The van der Waals surface area contributed by atoms with E-state index in [0.717, 1.165) is 34.4 Å². The summed E-state index contributed by atoms with van der Waals surface area (Å²) in [6, 6.07) is 12.6. The van der Waals surface area contributed by atoms with Crippen molar-refractivity contribution in [1.29, 1.82) is 0 Å². The number of benzene rings is 1. The molecule has 0 radical (unpaired) electrons. The molecule has 0 unspecified atom stereocenters. The van der Waals surface area contributed by atoms with Gasteiger partial charge in [-0.05, 0) is 68.5 Å². The van der Waals surface area contributed by atoms with Crippen molar-refractivity contribution in [2.45, 2.75) is 45.3 Å². The fourth-order valence-electron chi connectivity index (χ4n) is 4.14. The summed E-state index contributed by atoms with van der Waals surface area (Å²) >= 11 is 1.27. The third-order valence-corrected chi connectivity index (χ3v) is 6.97. The first kappa shape index (κ1) is 26.2. The minimum absolute atomic E-state index is 0.236. The highest BCUT2D eigenvalue weighted by atomic mass is 32.1. The Labute approximate surface area is 220 Å². The summed E-state index contributed by atoms with van der Waals surface area (Å²) in [5.41, 5.74) is 8.13. The maximum absolute atomic E-state index is 13.3. The lowest BCUT2D eigenvalue weighted by Crippen LogP contribution is -2.50. The summed E-state index contributed by atoms with van der Waals surface area (Å²) in [5, 5.41) is 5.58. The van der Waals surface area contributed by atoms with Crippen LogP contribution in [-0.2, 0) is 4.74 Å². The minimum Gasteiger partial charge on any atom is -0.444 e. The fourth-order valence-corrected chi connectivity index (χ4v) is 5.16. The molecule has 0 saturated carbocycles. The first-order valence-electron chi connectivity index (χ1n) is 12.1. The standard InChI is InChI=1S/C27H31N5O4S/c1-27(2,3)36-26(35)32-14-4-5-20(16-32)30-24(33)23-21(31-25(28)34)15-22(37-23)19-8-6-17(7-9-19)18-10-12-29-13-11-18/h6-13,15,20H,4-5,14,16H2,1-3H3,(H,30,33)(H3,28,31,34)/t20-/m0/s1. The second-order valence-corrected chi connectivity index (χ2v) is 10.9. The third kappa shape index (κ3) is 6.85. The monoisotopic (exact) mass is 521 g/mol. The molecule has 1 aliphatic heterocycles. The highest BCUT2D eigenvalue weighted by Gasteiger charge is 2.29. The molecule has 194 valence electrons. The van der Waals surface area contributed by atoms with Crippen LogP contribution in [0.15, 0.2) is 54.9 Å². The number of anilines is 1. The van der Waals surface area contributed by atoms with E-state index >= 15 is 0 Å². The molecular weight excluding hydrogens is 490 g/mol. The highest BCUT2D eigenvalue weighted by Crippen LogP contribution is 2.36. The predicted molar refractivity (Wildman–Crippen MR) is 144 cm³/mol. The number of primary amides is 1. The second kappa shape index (κ2) is 11.0. The van der Waals surface area contributed by atoms with Crippen LogP contribution >= 0.6 is 11.3 Å². The van der Waals surface area contributed by atoms with Crippen molar-refractivity contribution in [3.63, 3.8) is 0 Å². The molecule has 9 nitrogen and oxygen atoms in total. The van der Waals surface area contributed by atoms with Crippen LogP contribution in [0.5, 0.6) is 0 Å². The largest absolute Gasteiger partial charge is 0.444 e. The number of rotatable bonds is 5. The van der Waals surface area contributed by atoms with E-state index < -0.39 is 17.7 Å². The smallest absolute Gasteiger partial charge is 0.410 e. The molecule has 2 aromatic heterocycles. The number of nitrogens with zero attached hydrogens (tertiary/aromatic N) is 2. The number of thiophene rings is 1. The molecule has 1 aliphatic rings. The lowest BCUT2D eigenvalue weighted by molar-refractivity contribution is 0.0185. The molecule has 4 amide bonds. The van der Waals surface area contributed by atoms with Gasteiger partial charge in [-0.25, -0.2) is 9.59 Å². The lowest BCUT2D eigenvalue weighted by atomic mass is 10.0. The lowest BCUT2D eigenvalue weighted by Gasteiger charge is -2.34. The topological polar surface area (TPSA) is 127 Å². The molecule has 3 heterocycles. The van der Waals surface area contributed by atoms with Gasteiger partial charge in [0.1, 0.15) is 10.5 Å². The quantitative estimate of drug-likeness (QED) is 0.431. The minimum atomic E-state index is -0.750. The highest BCUT2D eigenvalue weighted by molar-refractivity contribution is 7.18. The first-order chi connectivity index (χ1) is 17.6. The zero-order valence-corrected chi connectivity index (χ0v) is 21.9. The first-order valence-corrected chi connectivity index (χ1v) is 12.9. The van der Waals surface area contributed by atoms with E-state index in [1.54, 1.807) is 23.4 Å². The molecule has 1 atom stereocenters. The summed E-state index contributed by atoms with van der Waals surface area (Å²) in [4.78, 5) is 44.2. The van der Waals surface area contributed by atoms with E-state index in [9.17, 15) is 14.4 Å². The number of hydrogen-bond acceptors (Lipinski definition) is 6. The fraction of sp³-hybridized carbons (Fsp3) is 0.333. The van der Waals surface area contributed by atoms with Gasteiger partial charge in [0, 0.05) is 36.4 Å². The zero-order chi connectivity index (χ0) is 26.6. The predicted octanol–water partition coefficient (Wildman–Crippen LogP) is 5.10. The van der Waals surface area contributed by atoms with Gasteiger partial charge in [0.05, 0.1) is 5.69 Å². The molecule has 0 bridgehead atoms. The molecule has 0 spiro atoms. The van der Waals surface area contributed by atoms with Crippen molar-refractivity contribution in [3.8, 4) is 21.6 Å². The van der Waals surface area contributed by atoms with Gasteiger partial charge in [-0.1, -0.05) is 24.3 Å². The Morgan fingerprint density at radius 2 is 1.70 bits per heavy atom. The number of carbonyl (C=O) groups is 3. The number of hydrogen-bond donors (Lipinski definition) is 3. The number of ether oxygens (including phenoxy) is 1. The Hall–Kier alpha value is -3.92. The van der Waals surface area contributed by atoms with E-state index in [2.05, 4.69) is 15.6 Å². The maximum atomic E-state index is 13.3. The van der Waals surface area contributed by atoms with Gasteiger partial charge in [-0.3, -0.25) is 9.78 Å². The van der Waals surface area contributed by atoms with Crippen LogP contribution in [0.4, 0.5) is 15.3 Å². The SMILES string of the molecule is CC(C)(C)OC(=O)N1CCC[C@H](NC(=O)c2sc(-c3ccc(-c4ccncc4)cc3)cc2NC(N)=O)C1. The van der Waals surface area contributed by atoms with Gasteiger partial charge in [0.2, 0.25) is 0 Å². The van der Waals surface area contributed by atoms with Gasteiger partial charge in [0.15, 0.2) is 0 Å². The number of pyridine rings is 1. The van der Waals surface area contributed by atoms with Crippen LogP contribution in [-0.4, -0.2) is 52.6 Å². The van der Waals surface area contributed by atoms with Crippen LogP contribution < -0.4 is 16.4 Å². The van der Waals surface area contributed by atoms with E-state index in [1.807, 2.05) is 57.2 Å². The summed E-state index contributed by atoms with van der Waals surface area (Å²) in [7, 11) is 0. The Morgan fingerprint density at radius 3 is 2.35 bits per heavy atom. The Balaban J connectivity index is 1.50. The number of nitrogens with one attached hydrogen (secondary N) is 2. The van der Waals surface area contributed by atoms with E-state index in [0.29, 0.717) is 23.7 Å². The van der Waals surface area contributed by atoms with Gasteiger partial charge in [-0.15, -0.1) is 11.3 Å². The van der Waals surface area contributed by atoms with Crippen LogP contribution in [0.1, 0.15) is 43.3 Å². The van der Waals surface area contributed by atoms with Gasteiger partial charge in [-0.2, -0.15) is 0 Å². The summed E-state index contributed by atoms with van der Waals surface area (Å²) in [5.74, 6) is -0.329.